The Kier molecular flexibility index (Phi) is 8.44. The first-order valence-corrected chi connectivity index (χ1v) is 12.8. The summed E-state index contributed by atoms with van der Waals surface area (Å²) >= 11 is 2.30. The molecule has 0 saturated heterocycles. The van der Waals surface area contributed by atoms with Crippen molar-refractivity contribution in [2.75, 3.05) is 7.05 Å². The Morgan fingerprint density at radius 3 is 2.39 bits per heavy atom. The lowest BCUT2D eigenvalue weighted by atomic mass is 9.92. The molecule has 6 heteroatoms. The number of amides is 1. The van der Waals surface area contributed by atoms with E-state index in [-0.39, 0.29) is 24.5 Å². The van der Waals surface area contributed by atoms with Crippen molar-refractivity contribution in [1.29, 1.82) is 0 Å². The van der Waals surface area contributed by atoms with E-state index in [2.05, 4.69) is 46.9 Å². The molecule has 5 nitrogen and oxygen atoms in total. The van der Waals surface area contributed by atoms with Crippen LogP contribution in [-0.4, -0.2) is 35.3 Å². The van der Waals surface area contributed by atoms with E-state index in [1.165, 1.54) is 22.8 Å². The van der Waals surface area contributed by atoms with Gasteiger partial charge in [-0.1, -0.05) is 55.7 Å². The number of likely N-dealkylation sites (N-methyl/N-ethyl adjacent to an activating group) is 1. The fraction of sp³-hybridized carbons (Fsp3) is 0.444. The van der Waals surface area contributed by atoms with Gasteiger partial charge in [-0.05, 0) is 70.3 Å². The monoisotopic (exact) mass is 561 g/mol. The quantitative estimate of drug-likeness (QED) is 0.454. The fourth-order valence-corrected chi connectivity index (χ4v) is 4.95. The molecule has 1 saturated carbocycles. The number of nitrogens with zero attached hydrogens (tertiary/aromatic N) is 1. The van der Waals surface area contributed by atoms with Crippen LogP contribution >= 0.6 is 22.6 Å². The first kappa shape index (κ1) is 24.2. The van der Waals surface area contributed by atoms with Crippen molar-refractivity contribution in [3.8, 4) is 0 Å². The SMILES string of the molecule is CN(C(=O)C1=C[C@@H](c2ccc(I)cc2)C[C@@H](OCc2ccc(CO)cc2)O1)C1CCCCC1. The summed E-state index contributed by atoms with van der Waals surface area (Å²) in [5.41, 5.74) is 3.03. The number of carbonyl (C=O) groups excluding carboxylic acids is 1. The minimum Gasteiger partial charge on any atom is -0.459 e. The van der Waals surface area contributed by atoms with E-state index in [1.807, 2.05) is 42.3 Å². The summed E-state index contributed by atoms with van der Waals surface area (Å²) in [6.45, 7) is 0.408. The van der Waals surface area contributed by atoms with Gasteiger partial charge in [0.2, 0.25) is 6.29 Å². The maximum absolute atomic E-state index is 13.4. The molecule has 2 aromatic carbocycles. The third kappa shape index (κ3) is 6.37. The molecule has 1 fully saturated rings. The van der Waals surface area contributed by atoms with Gasteiger partial charge >= 0.3 is 0 Å². The summed E-state index contributed by atoms with van der Waals surface area (Å²) in [5.74, 6) is 0.382. The van der Waals surface area contributed by atoms with Crippen molar-refractivity contribution in [2.45, 2.75) is 70.0 Å². The third-order valence-corrected chi connectivity index (χ3v) is 7.37. The van der Waals surface area contributed by atoms with Crippen molar-refractivity contribution < 1.29 is 19.4 Å². The number of allylic oxidation sites excluding steroid dienone is 1. The van der Waals surface area contributed by atoms with Crippen molar-refractivity contribution in [2.24, 2.45) is 0 Å². The van der Waals surface area contributed by atoms with Gasteiger partial charge in [0.25, 0.3) is 5.91 Å². The molecule has 1 aliphatic carbocycles. The lowest BCUT2D eigenvalue weighted by Gasteiger charge is -2.34. The first-order valence-electron chi connectivity index (χ1n) is 11.7. The van der Waals surface area contributed by atoms with Crippen LogP contribution in [0.4, 0.5) is 0 Å². The Balaban J connectivity index is 1.50. The van der Waals surface area contributed by atoms with Crippen LogP contribution in [0.1, 0.15) is 61.1 Å². The molecule has 1 aliphatic heterocycles. The Bertz CT molecular complexity index is 951. The second-order valence-corrected chi connectivity index (χ2v) is 10.2. The van der Waals surface area contributed by atoms with Crippen LogP contribution in [0.3, 0.4) is 0 Å². The van der Waals surface area contributed by atoms with Gasteiger partial charge < -0.3 is 19.5 Å². The van der Waals surface area contributed by atoms with E-state index >= 15 is 0 Å². The van der Waals surface area contributed by atoms with Crippen LogP contribution in [0.5, 0.6) is 0 Å². The van der Waals surface area contributed by atoms with E-state index in [0.29, 0.717) is 18.8 Å². The minimum absolute atomic E-state index is 0.0232. The predicted molar refractivity (Wildman–Crippen MR) is 136 cm³/mol. The molecule has 1 heterocycles. The first-order chi connectivity index (χ1) is 16.0. The average molecular weight is 561 g/mol. The molecule has 2 aromatic rings. The largest absolute Gasteiger partial charge is 0.459 e. The van der Waals surface area contributed by atoms with Crippen LogP contribution in [0.25, 0.3) is 0 Å². The van der Waals surface area contributed by atoms with Crippen molar-refractivity contribution in [3.63, 3.8) is 0 Å². The van der Waals surface area contributed by atoms with Crippen LogP contribution in [-0.2, 0) is 27.5 Å². The smallest absolute Gasteiger partial charge is 0.288 e. The zero-order chi connectivity index (χ0) is 23.2. The average Bonchev–Trinajstić information content (AvgIpc) is 2.87. The van der Waals surface area contributed by atoms with E-state index < -0.39 is 6.29 Å². The number of aliphatic hydroxyl groups excluding tert-OH is 1. The molecule has 2 aliphatic rings. The summed E-state index contributed by atoms with van der Waals surface area (Å²) < 4.78 is 13.4. The highest BCUT2D eigenvalue weighted by Gasteiger charge is 2.32. The maximum Gasteiger partial charge on any atom is 0.288 e. The zero-order valence-corrected chi connectivity index (χ0v) is 21.2. The van der Waals surface area contributed by atoms with Crippen molar-refractivity contribution >= 4 is 28.5 Å². The van der Waals surface area contributed by atoms with E-state index in [0.717, 1.165) is 29.5 Å². The summed E-state index contributed by atoms with van der Waals surface area (Å²) in [4.78, 5) is 15.2. The van der Waals surface area contributed by atoms with Crippen LogP contribution in [0, 0.1) is 3.57 Å². The Morgan fingerprint density at radius 1 is 1.06 bits per heavy atom. The summed E-state index contributed by atoms with van der Waals surface area (Å²) in [6, 6.07) is 16.4. The fourth-order valence-electron chi connectivity index (χ4n) is 4.59. The zero-order valence-electron chi connectivity index (χ0n) is 19.1. The summed E-state index contributed by atoms with van der Waals surface area (Å²) in [7, 11) is 1.90. The number of rotatable bonds is 7. The number of aliphatic hydroxyl groups is 1. The molecule has 1 amide bonds. The van der Waals surface area contributed by atoms with E-state index in [4.69, 9.17) is 9.47 Å². The number of halogens is 1. The van der Waals surface area contributed by atoms with Crippen LogP contribution in [0.2, 0.25) is 0 Å². The van der Waals surface area contributed by atoms with Gasteiger partial charge in [0.1, 0.15) is 0 Å². The number of carbonyl (C=O) groups is 1. The second kappa shape index (κ2) is 11.5. The molecule has 0 aromatic heterocycles. The molecular weight excluding hydrogens is 529 g/mol. The summed E-state index contributed by atoms with van der Waals surface area (Å²) in [6.07, 6.45) is 7.83. The highest BCUT2D eigenvalue weighted by atomic mass is 127. The van der Waals surface area contributed by atoms with Gasteiger partial charge in [-0.25, -0.2) is 0 Å². The molecule has 0 unspecified atom stereocenters. The molecule has 0 radical (unpaired) electrons. The van der Waals surface area contributed by atoms with Gasteiger partial charge in [-0.2, -0.15) is 0 Å². The Hall–Kier alpha value is -1.90. The lowest BCUT2D eigenvalue weighted by Crippen LogP contribution is -2.41. The lowest BCUT2D eigenvalue weighted by molar-refractivity contribution is -0.156. The molecule has 2 atom stereocenters. The van der Waals surface area contributed by atoms with Gasteiger partial charge in [0.15, 0.2) is 5.76 Å². The molecule has 0 bridgehead atoms. The molecule has 4 rings (SSSR count). The Morgan fingerprint density at radius 2 is 1.73 bits per heavy atom. The predicted octanol–water partition coefficient (Wildman–Crippen LogP) is 5.51. The minimum atomic E-state index is -0.504. The molecule has 0 spiro atoms. The molecule has 176 valence electrons. The molecule has 33 heavy (non-hydrogen) atoms. The molecular formula is C27H32INO4. The van der Waals surface area contributed by atoms with Gasteiger partial charge in [-0.15, -0.1) is 0 Å². The highest BCUT2D eigenvalue weighted by molar-refractivity contribution is 14.1. The maximum atomic E-state index is 13.4. The number of benzene rings is 2. The third-order valence-electron chi connectivity index (χ3n) is 6.65. The number of ether oxygens (including phenoxy) is 2. The normalized spacial score (nSPS) is 21.2. The number of hydrogen-bond acceptors (Lipinski definition) is 4. The van der Waals surface area contributed by atoms with Crippen molar-refractivity contribution in [1.82, 2.24) is 4.90 Å². The van der Waals surface area contributed by atoms with Crippen LogP contribution < -0.4 is 0 Å². The van der Waals surface area contributed by atoms with Gasteiger partial charge in [0.05, 0.1) is 13.2 Å². The summed E-state index contributed by atoms with van der Waals surface area (Å²) in [5, 5.41) is 9.24. The second-order valence-electron chi connectivity index (χ2n) is 8.97. The Labute approximate surface area is 209 Å². The van der Waals surface area contributed by atoms with Crippen LogP contribution in [0.15, 0.2) is 60.4 Å². The van der Waals surface area contributed by atoms with Gasteiger partial charge in [0, 0.05) is 29.0 Å². The van der Waals surface area contributed by atoms with E-state index in [1.54, 1.807) is 0 Å². The highest BCUT2D eigenvalue weighted by Crippen LogP contribution is 2.33. The van der Waals surface area contributed by atoms with E-state index in [9.17, 15) is 9.90 Å². The van der Waals surface area contributed by atoms with Crippen molar-refractivity contribution in [3.05, 3.63) is 80.6 Å². The topological polar surface area (TPSA) is 59.0 Å². The number of hydrogen-bond donors (Lipinski definition) is 1. The molecule has 1 N–H and O–H groups in total. The standard InChI is InChI=1S/C27H32INO4/c1-29(24-5-3-2-4-6-24)27(31)25-15-22(21-11-13-23(28)14-12-21)16-26(33-25)32-18-20-9-7-19(17-30)8-10-20/h7-15,22,24,26,30H,2-6,16-18H2,1H3/t22-,26+/m1/s1. The van der Waals surface area contributed by atoms with Gasteiger partial charge in [-0.3, -0.25) is 4.79 Å².